The van der Waals surface area contributed by atoms with Crippen molar-refractivity contribution in [2.45, 2.75) is 150 Å². The average Bonchev–Trinajstić information content (AvgIpc) is 2.91. The summed E-state index contributed by atoms with van der Waals surface area (Å²) in [6.07, 6.45) is 25.6. The molecule has 0 aromatic heterocycles. The summed E-state index contributed by atoms with van der Waals surface area (Å²) in [5, 5.41) is 0. The van der Waals surface area contributed by atoms with E-state index in [1.165, 1.54) is 109 Å². The summed E-state index contributed by atoms with van der Waals surface area (Å²) in [6, 6.07) is 15.1. The number of aryl methyl sites for hydroxylation is 4. The standard InChI is InChI=1S/C37H59/c1-6-11-16-21-31(24-37-29-34(19-14-9-4)26-35(30-37)20-15-10-5)22-23-36-27-32(17-12-7-2)25-33(28-36)18-13-8-3/h22,25-31H,6-21,23-24H2,1-5H3. The molecule has 0 aliphatic rings. The maximum absolute atomic E-state index is 2.68. The molecule has 0 saturated heterocycles. The molecule has 2 aromatic carbocycles. The van der Waals surface area contributed by atoms with E-state index in [-0.39, 0.29) is 0 Å². The van der Waals surface area contributed by atoms with Gasteiger partial charge < -0.3 is 0 Å². The molecule has 1 unspecified atom stereocenters. The first-order valence-corrected chi connectivity index (χ1v) is 16.2. The molecule has 0 heteroatoms. The lowest BCUT2D eigenvalue weighted by atomic mass is 9.86. The van der Waals surface area contributed by atoms with Crippen molar-refractivity contribution in [3.8, 4) is 0 Å². The van der Waals surface area contributed by atoms with Gasteiger partial charge in [-0.2, -0.15) is 0 Å². The predicted molar refractivity (Wildman–Crippen MR) is 167 cm³/mol. The summed E-state index contributed by atoms with van der Waals surface area (Å²) in [7, 11) is 0. The highest BCUT2D eigenvalue weighted by atomic mass is 14.2. The topological polar surface area (TPSA) is 0 Å². The zero-order chi connectivity index (χ0) is 26.7. The van der Waals surface area contributed by atoms with Gasteiger partial charge in [0.1, 0.15) is 0 Å². The van der Waals surface area contributed by atoms with E-state index in [2.05, 4.69) is 77.4 Å². The van der Waals surface area contributed by atoms with Crippen LogP contribution in [-0.4, -0.2) is 0 Å². The lowest BCUT2D eigenvalue weighted by Crippen LogP contribution is -2.09. The molecule has 0 N–H and O–H groups in total. The third-order valence-electron chi connectivity index (χ3n) is 7.86. The Morgan fingerprint density at radius 3 is 1.24 bits per heavy atom. The highest BCUT2D eigenvalue weighted by molar-refractivity contribution is 5.33. The van der Waals surface area contributed by atoms with Crippen molar-refractivity contribution in [2.75, 3.05) is 0 Å². The van der Waals surface area contributed by atoms with Crippen LogP contribution >= 0.6 is 0 Å². The number of benzene rings is 2. The molecular formula is C37H59. The Kier molecular flexibility index (Phi) is 16.7. The monoisotopic (exact) mass is 503 g/mol. The van der Waals surface area contributed by atoms with Crippen molar-refractivity contribution in [3.05, 3.63) is 76.2 Å². The maximum Gasteiger partial charge on any atom is -0.0245 e. The highest BCUT2D eigenvalue weighted by Crippen LogP contribution is 2.25. The van der Waals surface area contributed by atoms with Crippen LogP contribution in [0.2, 0.25) is 0 Å². The van der Waals surface area contributed by atoms with Crippen LogP contribution in [0.4, 0.5) is 0 Å². The van der Waals surface area contributed by atoms with Crippen LogP contribution in [0.1, 0.15) is 145 Å². The molecule has 37 heavy (non-hydrogen) atoms. The average molecular weight is 504 g/mol. The first-order valence-electron chi connectivity index (χ1n) is 16.2. The molecule has 0 fully saturated rings. The maximum atomic E-state index is 2.68. The largest absolute Gasteiger partial charge is 0.0654 e. The second-order valence-electron chi connectivity index (χ2n) is 11.6. The van der Waals surface area contributed by atoms with Crippen LogP contribution in [0.3, 0.4) is 0 Å². The Labute approximate surface area is 232 Å². The van der Waals surface area contributed by atoms with Crippen molar-refractivity contribution in [1.29, 1.82) is 0 Å². The molecule has 0 saturated carbocycles. The Bertz CT molecular complexity index is 793. The van der Waals surface area contributed by atoms with Gasteiger partial charge in [-0.15, -0.1) is 0 Å². The molecule has 1 atom stereocenters. The SMILES string of the molecule is CCCCCC([CH]Cc1cc(CCCC)cc(CCCC)c1)Cc1cc(CCCC)cc(CCCC)c1. The van der Waals surface area contributed by atoms with Crippen molar-refractivity contribution >= 4 is 0 Å². The second kappa shape index (κ2) is 19.5. The van der Waals surface area contributed by atoms with Gasteiger partial charge in [-0.3, -0.25) is 0 Å². The van der Waals surface area contributed by atoms with Gasteiger partial charge in [0.15, 0.2) is 0 Å². The molecule has 0 heterocycles. The lowest BCUT2D eigenvalue weighted by molar-refractivity contribution is 0.501. The van der Waals surface area contributed by atoms with E-state index in [1.807, 2.05) is 0 Å². The Hall–Kier alpha value is -1.56. The Morgan fingerprint density at radius 2 is 0.838 bits per heavy atom. The minimum Gasteiger partial charge on any atom is -0.0654 e. The molecule has 2 aromatic rings. The van der Waals surface area contributed by atoms with E-state index in [4.69, 9.17) is 0 Å². The van der Waals surface area contributed by atoms with Crippen LogP contribution in [0.5, 0.6) is 0 Å². The lowest BCUT2D eigenvalue weighted by Gasteiger charge is -2.19. The molecule has 0 nitrogen and oxygen atoms in total. The first kappa shape index (κ1) is 31.7. The minimum absolute atomic E-state index is 0.672. The number of unbranched alkanes of at least 4 members (excludes halogenated alkanes) is 6. The number of hydrogen-bond acceptors (Lipinski definition) is 0. The van der Waals surface area contributed by atoms with Gasteiger partial charge >= 0.3 is 0 Å². The van der Waals surface area contributed by atoms with E-state index in [1.54, 1.807) is 33.4 Å². The fraction of sp³-hybridized carbons (Fsp3) is 0.649. The normalized spacial score (nSPS) is 12.2. The van der Waals surface area contributed by atoms with E-state index < -0.39 is 0 Å². The molecule has 0 spiro atoms. The van der Waals surface area contributed by atoms with E-state index >= 15 is 0 Å². The van der Waals surface area contributed by atoms with E-state index in [0.29, 0.717) is 5.92 Å². The molecule has 207 valence electrons. The van der Waals surface area contributed by atoms with Gasteiger partial charge in [0.25, 0.3) is 0 Å². The summed E-state index contributed by atoms with van der Waals surface area (Å²) >= 11 is 0. The highest BCUT2D eigenvalue weighted by Gasteiger charge is 2.13. The van der Waals surface area contributed by atoms with Crippen LogP contribution in [0, 0.1) is 12.3 Å². The van der Waals surface area contributed by atoms with Crippen molar-refractivity contribution in [1.82, 2.24) is 0 Å². The van der Waals surface area contributed by atoms with E-state index in [0.717, 1.165) is 6.42 Å². The second-order valence-corrected chi connectivity index (χ2v) is 11.6. The van der Waals surface area contributed by atoms with Gasteiger partial charge in [-0.05, 0) is 116 Å². The third-order valence-corrected chi connectivity index (χ3v) is 7.86. The summed E-state index contributed by atoms with van der Waals surface area (Å²) in [6.45, 7) is 11.6. The summed E-state index contributed by atoms with van der Waals surface area (Å²) in [5.74, 6) is 0.672. The van der Waals surface area contributed by atoms with Crippen LogP contribution in [-0.2, 0) is 38.5 Å². The molecule has 0 amide bonds. The van der Waals surface area contributed by atoms with Crippen LogP contribution in [0.25, 0.3) is 0 Å². The smallest absolute Gasteiger partial charge is 0.0245 e. The van der Waals surface area contributed by atoms with Gasteiger partial charge in [0.2, 0.25) is 0 Å². The zero-order valence-electron chi connectivity index (χ0n) is 25.3. The molecule has 0 aliphatic carbocycles. The van der Waals surface area contributed by atoms with Gasteiger partial charge in [0.05, 0.1) is 0 Å². The molecular weight excluding hydrogens is 444 g/mol. The third kappa shape index (κ3) is 13.2. The molecule has 2 rings (SSSR count). The quantitative estimate of drug-likeness (QED) is 0.149. The van der Waals surface area contributed by atoms with Gasteiger partial charge in [0, 0.05) is 0 Å². The molecule has 1 radical (unpaired) electrons. The Morgan fingerprint density at radius 1 is 0.459 bits per heavy atom. The fourth-order valence-corrected chi connectivity index (χ4v) is 5.58. The van der Waals surface area contributed by atoms with Crippen LogP contribution < -0.4 is 0 Å². The predicted octanol–water partition coefficient (Wildman–Crippen LogP) is 11.2. The van der Waals surface area contributed by atoms with E-state index in [9.17, 15) is 0 Å². The van der Waals surface area contributed by atoms with Crippen molar-refractivity contribution in [2.24, 2.45) is 5.92 Å². The minimum atomic E-state index is 0.672. The van der Waals surface area contributed by atoms with Crippen LogP contribution in [0.15, 0.2) is 36.4 Å². The summed E-state index contributed by atoms with van der Waals surface area (Å²) in [5.41, 5.74) is 9.39. The first-order chi connectivity index (χ1) is 18.1. The van der Waals surface area contributed by atoms with Gasteiger partial charge in [-0.25, -0.2) is 0 Å². The zero-order valence-corrected chi connectivity index (χ0v) is 25.3. The summed E-state index contributed by atoms with van der Waals surface area (Å²) < 4.78 is 0. The Balaban J connectivity index is 2.18. The summed E-state index contributed by atoms with van der Waals surface area (Å²) in [4.78, 5) is 0. The fourth-order valence-electron chi connectivity index (χ4n) is 5.58. The number of hydrogen-bond donors (Lipinski definition) is 0. The van der Waals surface area contributed by atoms with Gasteiger partial charge in [-0.1, -0.05) is 116 Å². The molecule has 0 bridgehead atoms. The van der Waals surface area contributed by atoms with Crippen molar-refractivity contribution in [3.63, 3.8) is 0 Å². The molecule has 0 aliphatic heterocycles. The number of rotatable bonds is 21. The van der Waals surface area contributed by atoms with Crippen molar-refractivity contribution < 1.29 is 0 Å².